The van der Waals surface area contributed by atoms with E-state index in [0.29, 0.717) is 12.5 Å². The maximum absolute atomic E-state index is 12.9. The van der Waals surface area contributed by atoms with Crippen LogP contribution in [0.2, 0.25) is 5.02 Å². The highest BCUT2D eigenvalue weighted by Gasteiger charge is 2.40. The second kappa shape index (κ2) is 5.74. The van der Waals surface area contributed by atoms with E-state index in [4.69, 9.17) is 11.6 Å². The molecule has 7 heteroatoms. The van der Waals surface area contributed by atoms with Gasteiger partial charge >= 0.3 is 0 Å². The van der Waals surface area contributed by atoms with E-state index < -0.39 is 15.6 Å². The van der Waals surface area contributed by atoms with Gasteiger partial charge in [0.15, 0.2) is 0 Å². The molecule has 5 nitrogen and oxygen atoms in total. The average molecular weight is 331 g/mol. The van der Waals surface area contributed by atoms with Gasteiger partial charge in [-0.15, -0.1) is 0 Å². The highest BCUT2D eigenvalue weighted by molar-refractivity contribution is 7.89. The number of aromatic nitrogens is 1. The zero-order valence-electron chi connectivity index (χ0n) is 11.7. The van der Waals surface area contributed by atoms with Crippen molar-refractivity contribution in [2.75, 3.05) is 6.54 Å². The minimum absolute atomic E-state index is 0.0818. The van der Waals surface area contributed by atoms with Crippen molar-refractivity contribution in [1.29, 1.82) is 0 Å². The summed E-state index contributed by atoms with van der Waals surface area (Å²) >= 11 is 5.77. The quantitative estimate of drug-likeness (QED) is 0.905. The Balaban J connectivity index is 1.96. The topological polar surface area (TPSA) is 70.2 Å². The number of halogens is 1. The van der Waals surface area contributed by atoms with E-state index >= 15 is 0 Å². The maximum atomic E-state index is 12.9. The maximum Gasteiger partial charge on any atom is 0.266 e. The van der Waals surface area contributed by atoms with Crippen LogP contribution in [0, 0.1) is 5.92 Å². The van der Waals surface area contributed by atoms with Crippen LogP contribution in [0.5, 0.6) is 0 Å². The number of hydrogen-bond acceptors (Lipinski definition) is 3. The Kier molecular flexibility index (Phi) is 4.12. The zero-order chi connectivity index (χ0) is 15.0. The van der Waals surface area contributed by atoms with Crippen LogP contribution in [0.3, 0.4) is 0 Å². The lowest BCUT2D eigenvalue weighted by Crippen LogP contribution is -2.49. The van der Waals surface area contributed by atoms with Crippen LogP contribution in [-0.2, 0) is 10.0 Å². The highest BCUT2D eigenvalue weighted by atomic mass is 35.5. The molecule has 1 saturated heterocycles. The summed E-state index contributed by atoms with van der Waals surface area (Å²) in [6.07, 6.45) is 7.58. The SMILES string of the molecule is O=c1[nH]cc(S(=O)(=O)N2CCC[C@H]3CCCC[C@H]32)cc1Cl. The smallest absolute Gasteiger partial charge is 0.266 e. The summed E-state index contributed by atoms with van der Waals surface area (Å²) in [6.45, 7) is 0.556. The first-order chi connectivity index (χ1) is 10.00. The third-order valence-electron chi connectivity index (χ3n) is 4.63. The number of pyridine rings is 1. The van der Waals surface area contributed by atoms with Gasteiger partial charge in [0.2, 0.25) is 10.0 Å². The van der Waals surface area contributed by atoms with Crippen molar-refractivity contribution < 1.29 is 8.42 Å². The Bertz CT molecular complexity index is 684. The molecule has 1 aromatic rings. The lowest BCUT2D eigenvalue weighted by Gasteiger charge is -2.43. The molecule has 1 saturated carbocycles. The normalized spacial score (nSPS) is 27.3. The van der Waals surface area contributed by atoms with Gasteiger partial charge in [-0.2, -0.15) is 4.31 Å². The highest BCUT2D eigenvalue weighted by Crippen LogP contribution is 2.37. The predicted molar refractivity (Wildman–Crippen MR) is 80.9 cm³/mol. The number of rotatable bonds is 2. The summed E-state index contributed by atoms with van der Waals surface area (Å²) in [7, 11) is -3.59. The van der Waals surface area contributed by atoms with E-state index in [2.05, 4.69) is 4.98 Å². The van der Waals surface area contributed by atoms with Gasteiger partial charge in [0, 0.05) is 18.8 Å². The summed E-state index contributed by atoms with van der Waals surface area (Å²) in [5.74, 6) is 0.473. The van der Waals surface area contributed by atoms with Crippen molar-refractivity contribution in [2.24, 2.45) is 5.92 Å². The monoisotopic (exact) mass is 330 g/mol. The lowest BCUT2D eigenvalue weighted by atomic mass is 9.79. The molecule has 1 N–H and O–H groups in total. The molecule has 0 spiro atoms. The minimum Gasteiger partial charge on any atom is -0.326 e. The Labute approximate surface area is 129 Å². The van der Waals surface area contributed by atoms with Gasteiger partial charge in [0.05, 0.1) is 4.90 Å². The first-order valence-corrected chi connectivity index (χ1v) is 9.22. The van der Waals surface area contributed by atoms with Gasteiger partial charge < -0.3 is 4.98 Å². The number of nitrogens with one attached hydrogen (secondary N) is 1. The summed E-state index contributed by atoms with van der Waals surface area (Å²) in [4.78, 5) is 13.8. The molecule has 2 heterocycles. The Hall–Kier alpha value is -0.850. The first kappa shape index (κ1) is 15.1. The second-order valence-corrected chi connectivity index (χ2v) is 8.18. The van der Waals surface area contributed by atoms with Gasteiger partial charge in [0.25, 0.3) is 5.56 Å². The Morgan fingerprint density at radius 3 is 2.67 bits per heavy atom. The number of aromatic amines is 1. The van der Waals surface area contributed by atoms with Crippen molar-refractivity contribution in [1.82, 2.24) is 9.29 Å². The Morgan fingerprint density at radius 2 is 1.90 bits per heavy atom. The molecule has 2 aliphatic rings. The fourth-order valence-corrected chi connectivity index (χ4v) is 5.59. The van der Waals surface area contributed by atoms with Gasteiger partial charge in [-0.3, -0.25) is 4.79 Å². The van der Waals surface area contributed by atoms with Gasteiger partial charge in [0.1, 0.15) is 5.02 Å². The molecule has 2 atom stereocenters. The third-order valence-corrected chi connectivity index (χ3v) is 6.81. The predicted octanol–water partition coefficient (Wildman–Crippen LogP) is 2.37. The molecule has 116 valence electrons. The Morgan fingerprint density at radius 1 is 1.19 bits per heavy atom. The van der Waals surface area contributed by atoms with Crippen LogP contribution in [0.15, 0.2) is 22.0 Å². The van der Waals surface area contributed by atoms with Crippen LogP contribution >= 0.6 is 11.6 Å². The summed E-state index contributed by atoms with van der Waals surface area (Å²) in [5.41, 5.74) is -0.468. The molecule has 0 bridgehead atoms. The number of H-pyrrole nitrogens is 1. The van der Waals surface area contributed by atoms with Crippen LogP contribution < -0.4 is 5.56 Å². The molecule has 0 radical (unpaired) electrons. The van der Waals surface area contributed by atoms with Crippen molar-refractivity contribution in [3.05, 3.63) is 27.6 Å². The molecule has 0 unspecified atom stereocenters. The number of nitrogens with zero attached hydrogens (tertiary/aromatic N) is 1. The number of fused-ring (bicyclic) bond motifs is 1. The minimum atomic E-state index is -3.59. The second-order valence-electron chi connectivity index (χ2n) is 5.88. The molecule has 1 aliphatic carbocycles. The fraction of sp³-hybridized carbons (Fsp3) is 0.643. The molecule has 21 heavy (non-hydrogen) atoms. The van der Waals surface area contributed by atoms with E-state index in [9.17, 15) is 13.2 Å². The van der Waals surface area contributed by atoms with Gasteiger partial charge in [-0.05, 0) is 37.7 Å². The number of piperidine rings is 1. The lowest BCUT2D eigenvalue weighted by molar-refractivity contribution is 0.129. The van der Waals surface area contributed by atoms with E-state index in [0.717, 1.165) is 32.1 Å². The van der Waals surface area contributed by atoms with Crippen LogP contribution in [0.25, 0.3) is 0 Å². The molecule has 1 aromatic heterocycles. The third kappa shape index (κ3) is 2.76. The van der Waals surface area contributed by atoms with Crippen molar-refractivity contribution in [2.45, 2.75) is 49.5 Å². The van der Waals surface area contributed by atoms with Gasteiger partial charge in [-0.1, -0.05) is 24.4 Å². The first-order valence-electron chi connectivity index (χ1n) is 7.40. The van der Waals surface area contributed by atoms with Crippen LogP contribution in [0.4, 0.5) is 0 Å². The van der Waals surface area contributed by atoms with Gasteiger partial charge in [-0.25, -0.2) is 8.42 Å². The fourth-order valence-electron chi connectivity index (χ4n) is 3.60. The molecule has 0 aromatic carbocycles. The molecular formula is C14H19ClN2O3S. The molecule has 3 rings (SSSR count). The van der Waals surface area contributed by atoms with Crippen molar-refractivity contribution in [3.63, 3.8) is 0 Å². The zero-order valence-corrected chi connectivity index (χ0v) is 13.3. The summed E-state index contributed by atoms with van der Waals surface area (Å²) < 4.78 is 27.3. The van der Waals surface area contributed by atoms with Crippen LogP contribution in [0.1, 0.15) is 38.5 Å². The average Bonchev–Trinajstić information content (AvgIpc) is 2.49. The van der Waals surface area contributed by atoms with Crippen molar-refractivity contribution >= 4 is 21.6 Å². The van der Waals surface area contributed by atoms with Crippen molar-refractivity contribution in [3.8, 4) is 0 Å². The van der Waals surface area contributed by atoms with E-state index in [-0.39, 0.29) is 16.0 Å². The van der Waals surface area contributed by atoms with E-state index in [1.54, 1.807) is 4.31 Å². The molecule has 0 amide bonds. The van der Waals surface area contributed by atoms with Crippen LogP contribution in [-0.4, -0.2) is 30.3 Å². The number of hydrogen-bond donors (Lipinski definition) is 1. The van der Waals surface area contributed by atoms with E-state index in [1.807, 2.05) is 0 Å². The van der Waals surface area contributed by atoms with E-state index in [1.165, 1.54) is 18.7 Å². The summed E-state index contributed by atoms with van der Waals surface area (Å²) in [5, 5.41) is -0.0896. The standard InChI is InChI=1S/C14H19ClN2O3S/c15-12-8-11(9-16-14(12)18)21(19,20)17-7-3-5-10-4-1-2-6-13(10)17/h8-10,13H,1-7H2,(H,16,18)/t10-,13-/m1/s1. The molecule has 2 fully saturated rings. The molecule has 1 aliphatic heterocycles. The molecular weight excluding hydrogens is 312 g/mol. The number of sulfonamides is 1. The largest absolute Gasteiger partial charge is 0.326 e. The summed E-state index contributed by atoms with van der Waals surface area (Å²) in [6, 6.07) is 1.35.